The maximum absolute atomic E-state index is 13.1. The molecule has 5 heteroatoms. The zero-order valence-corrected chi connectivity index (χ0v) is 11.5. The highest BCUT2D eigenvalue weighted by Crippen LogP contribution is 2.25. The molecule has 0 spiro atoms. The van der Waals surface area contributed by atoms with Gasteiger partial charge in [0.15, 0.2) is 0 Å². The topological polar surface area (TPSA) is 59.2 Å². The number of nitrogens with two attached hydrogens (primary N) is 1. The van der Waals surface area contributed by atoms with Crippen LogP contribution in [0.25, 0.3) is 0 Å². The summed E-state index contributed by atoms with van der Waals surface area (Å²) in [4.78, 5) is 17.5. The quantitative estimate of drug-likeness (QED) is 0.879. The highest BCUT2D eigenvalue weighted by atomic mass is 19.1. The summed E-state index contributed by atoms with van der Waals surface area (Å²) in [6.45, 7) is 8.05. The van der Waals surface area contributed by atoms with Gasteiger partial charge in [0, 0.05) is 13.1 Å². The molecule has 1 heterocycles. The van der Waals surface area contributed by atoms with Gasteiger partial charge in [-0.15, -0.1) is 0 Å². The number of nitrogen functional groups attached to an aromatic ring is 1. The van der Waals surface area contributed by atoms with Crippen molar-refractivity contribution in [1.82, 2.24) is 9.88 Å². The van der Waals surface area contributed by atoms with E-state index in [0.29, 0.717) is 0 Å². The van der Waals surface area contributed by atoms with Crippen LogP contribution in [0.1, 0.15) is 38.1 Å². The Hall–Kier alpha value is -1.65. The molecule has 0 aliphatic carbocycles. The van der Waals surface area contributed by atoms with Crippen LogP contribution >= 0.6 is 0 Å². The third kappa shape index (κ3) is 2.97. The Morgan fingerprint density at radius 2 is 2.06 bits per heavy atom. The first kappa shape index (κ1) is 14.4. The van der Waals surface area contributed by atoms with Crippen molar-refractivity contribution in [3.63, 3.8) is 0 Å². The van der Waals surface area contributed by atoms with Gasteiger partial charge in [-0.25, -0.2) is 9.37 Å². The predicted molar refractivity (Wildman–Crippen MR) is 69.6 cm³/mol. The summed E-state index contributed by atoms with van der Waals surface area (Å²) < 4.78 is 13.1. The maximum Gasteiger partial charge on any atom is 0.257 e. The summed E-state index contributed by atoms with van der Waals surface area (Å²) in [5.74, 6) is -0.833. The molecule has 1 rings (SSSR count). The molecule has 1 atom stereocenters. The fourth-order valence-corrected chi connectivity index (χ4v) is 1.57. The molecule has 0 aliphatic heterocycles. The molecule has 0 saturated heterocycles. The molecule has 100 valence electrons. The Morgan fingerprint density at radius 1 is 1.50 bits per heavy atom. The van der Waals surface area contributed by atoms with Crippen LogP contribution in [0.4, 0.5) is 10.2 Å². The smallest absolute Gasteiger partial charge is 0.257 e. The summed E-state index contributed by atoms with van der Waals surface area (Å²) >= 11 is 0. The molecule has 0 bridgehead atoms. The first-order chi connectivity index (χ1) is 8.14. The van der Waals surface area contributed by atoms with E-state index in [1.54, 1.807) is 11.9 Å². The van der Waals surface area contributed by atoms with E-state index >= 15 is 0 Å². The Labute approximate surface area is 107 Å². The number of carbonyl (C=O) groups is 1. The van der Waals surface area contributed by atoms with Crippen LogP contribution in [0.3, 0.4) is 0 Å². The van der Waals surface area contributed by atoms with Crippen LogP contribution in [-0.4, -0.2) is 28.9 Å². The van der Waals surface area contributed by atoms with Crippen molar-refractivity contribution < 1.29 is 9.18 Å². The molecule has 1 aromatic heterocycles. The van der Waals surface area contributed by atoms with Gasteiger partial charge in [-0.05, 0) is 18.4 Å². The summed E-state index contributed by atoms with van der Waals surface area (Å²) in [6.07, 6.45) is 0.999. The van der Waals surface area contributed by atoms with E-state index in [0.717, 1.165) is 12.3 Å². The lowest BCUT2D eigenvalue weighted by Crippen LogP contribution is -2.43. The summed E-state index contributed by atoms with van der Waals surface area (Å²) in [5.41, 5.74) is 5.65. The van der Waals surface area contributed by atoms with Crippen molar-refractivity contribution in [1.29, 1.82) is 0 Å². The molecule has 18 heavy (non-hydrogen) atoms. The lowest BCUT2D eigenvalue weighted by atomic mass is 9.87. The van der Waals surface area contributed by atoms with E-state index in [4.69, 9.17) is 5.73 Å². The van der Waals surface area contributed by atoms with Crippen molar-refractivity contribution in [3.05, 3.63) is 23.6 Å². The van der Waals surface area contributed by atoms with Gasteiger partial charge in [-0.3, -0.25) is 4.79 Å². The Bertz CT molecular complexity index is 454. The van der Waals surface area contributed by atoms with Gasteiger partial charge < -0.3 is 10.6 Å². The second-order valence-corrected chi connectivity index (χ2v) is 5.54. The van der Waals surface area contributed by atoms with Crippen molar-refractivity contribution >= 4 is 11.7 Å². The molecule has 1 amide bonds. The molecule has 0 aromatic carbocycles. The van der Waals surface area contributed by atoms with Gasteiger partial charge in [0.2, 0.25) is 0 Å². The van der Waals surface area contributed by atoms with Gasteiger partial charge in [0.1, 0.15) is 11.6 Å². The standard InChI is InChI=1S/C13H20FN3O/c1-8(13(2,3)4)17(5)12(18)10-6-9(14)7-16-11(10)15/h6-8H,1-5H3,(H2,15,16). The largest absolute Gasteiger partial charge is 0.383 e. The van der Waals surface area contributed by atoms with E-state index in [1.165, 1.54) is 0 Å². The van der Waals surface area contributed by atoms with Crippen LogP contribution in [0.2, 0.25) is 0 Å². The highest BCUT2D eigenvalue weighted by molar-refractivity contribution is 5.98. The number of nitrogens with zero attached hydrogens (tertiary/aromatic N) is 2. The van der Waals surface area contributed by atoms with Crippen LogP contribution in [0, 0.1) is 11.2 Å². The number of anilines is 1. The zero-order valence-electron chi connectivity index (χ0n) is 11.5. The van der Waals surface area contributed by atoms with Gasteiger partial charge in [-0.1, -0.05) is 20.8 Å². The number of aromatic nitrogens is 1. The molecular formula is C13H20FN3O. The SMILES string of the molecule is CC(N(C)C(=O)c1cc(F)cnc1N)C(C)(C)C. The van der Waals surface area contributed by atoms with E-state index in [1.807, 2.05) is 27.7 Å². The number of rotatable bonds is 2. The van der Waals surface area contributed by atoms with Gasteiger partial charge >= 0.3 is 0 Å². The lowest BCUT2D eigenvalue weighted by molar-refractivity contribution is 0.0629. The maximum atomic E-state index is 13.1. The average Bonchev–Trinajstić information content (AvgIpc) is 2.28. The van der Waals surface area contributed by atoms with Crippen molar-refractivity contribution in [2.24, 2.45) is 5.41 Å². The van der Waals surface area contributed by atoms with Gasteiger partial charge in [0.05, 0.1) is 11.8 Å². The molecule has 0 fully saturated rings. The zero-order chi connectivity index (χ0) is 14.1. The molecule has 0 aliphatic rings. The van der Waals surface area contributed by atoms with E-state index < -0.39 is 5.82 Å². The van der Waals surface area contributed by atoms with Gasteiger partial charge in [0.25, 0.3) is 5.91 Å². The minimum absolute atomic E-state index is 0.00679. The Morgan fingerprint density at radius 3 is 2.56 bits per heavy atom. The van der Waals surface area contributed by atoms with Crippen LogP contribution in [0.5, 0.6) is 0 Å². The second kappa shape index (κ2) is 4.92. The van der Waals surface area contributed by atoms with E-state index in [-0.39, 0.29) is 28.7 Å². The highest BCUT2D eigenvalue weighted by Gasteiger charge is 2.28. The molecule has 0 radical (unpaired) electrons. The van der Waals surface area contributed by atoms with Crippen LogP contribution < -0.4 is 5.73 Å². The lowest BCUT2D eigenvalue weighted by Gasteiger charge is -2.35. The fourth-order valence-electron chi connectivity index (χ4n) is 1.57. The number of halogens is 1. The fraction of sp³-hybridized carbons (Fsp3) is 0.538. The first-order valence-electron chi connectivity index (χ1n) is 5.82. The number of amides is 1. The number of pyridine rings is 1. The number of hydrogen-bond donors (Lipinski definition) is 1. The monoisotopic (exact) mass is 253 g/mol. The number of carbonyl (C=O) groups excluding carboxylic acids is 1. The molecule has 2 N–H and O–H groups in total. The predicted octanol–water partition coefficient (Wildman–Crippen LogP) is 2.31. The Balaban J connectivity index is 3.04. The molecule has 0 saturated carbocycles. The normalized spacial score (nSPS) is 13.2. The summed E-state index contributed by atoms with van der Waals surface area (Å²) in [5, 5.41) is 0. The first-order valence-corrected chi connectivity index (χ1v) is 5.82. The minimum Gasteiger partial charge on any atom is -0.383 e. The van der Waals surface area contributed by atoms with E-state index in [9.17, 15) is 9.18 Å². The molecule has 4 nitrogen and oxygen atoms in total. The number of hydrogen-bond acceptors (Lipinski definition) is 3. The molecule has 1 unspecified atom stereocenters. The van der Waals surface area contributed by atoms with E-state index in [2.05, 4.69) is 4.98 Å². The van der Waals surface area contributed by atoms with Crippen LogP contribution in [-0.2, 0) is 0 Å². The summed E-state index contributed by atoms with van der Waals surface area (Å²) in [7, 11) is 1.68. The average molecular weight is 253 g/mol. The van der Waals surface area contributed by atoms with Crippen molar-refractivity contribution in [2.45, 2.75) is 33.7 Å². The second-order valence-electron chi connectivity index (χ2n) is 5.54. The minimum atomic E-state index is -0.565. The third-order valence-electron chi connectivity index (χ3n) is 3.27. The molecule has 1 aromatic rings. The summed E-state index contributed by atoms with van der Waals surface area (Å²) in [6, 6.07) is 1.11. The van der Waals surface area contributed by atoms with Crippen molar-refractivity contribution in [2.75, 3.05) is 12.8 Å². The third-order valence-corrected chi connectivity index (χ3v) is 3.27. The molecular weight excluding hydrogens is 233 g/mol. The van der Waals surface area contributed by atoms with Crippen LogP contribution in [0.15, 0.2) is 12.3 Å². The van der Waals surface area contributed by atoms with Gasteiger partial charge in [-0.2, -0.15) is 0 Å². The van der Waals surface area contributed by atoms with Crippen molar-refractivity contribution in [3.8, 4) is 0 Å². The Kier molecular flexibility index (Phi) is 3.94.